The highest BCUT2D eigenvalue weighted by molar-refractivity contribution is 7.92. The summed E-state index contributed by atoms with van der Waals surface area (Å²) in [6.07, 6.45) is 1.67. The van der Waals surface area contributed by atoms with Gasteiger partial charge in [0.05, 0.1) is 17.7 Å². The molecule has 3 rings (SSSR count). The Morgan fingerprint density at radius 2 is 1.70 bits per heavy atom. The van der Waals surface area contributed by atoms with E-state index in [0.29, 0.717) is 16.6 Å². The molecule has 0 atom stereocenters. The summed E-state index contributed by atoms with van der Waals surface area (Å²) in [5.41, 5.74) is 1.50. The zero-order valence-electron chi connectivity index (χ0n) is 14.2. The fourth-order valence-corrected chi connectivity index (χ4v) is 3.21. The summed E-state index contributed by atoms with van der Waals surface area (Å²) in [5, 5.41) is 8.12. The number of nitrogens with zero attached hydrogens (tertiary/aromatic N) is 3. The van der Waals surface area contributed by atoms with E-state index in [9.17, 15) is 8.42 Å². The van der Waals surface area contributed by atoms with Crippen molar-refractivity contribution in [2.45, 2.75) is 4.90 Å². The van der Waals surface area contributed by atoms with Crippen molar-refractivity contribution in [3.8, 4) is 5.88 Å². The Bertz CT molecular complexity index is 1040. The van der Waals surface area contributed by atoms with Crippen LogP contribution in [0.2, 0.25) is 5.02 Å². The summed E-state index contributed by atoms with van der Waals surface area (Å²) < 4.78 is 32.1. The lowest BCUT2D eigenvalue weighted by molar-refractivity contribution is 0.392. The van der Waals surface area contributed by atoms with Gasteiger partial charge in [-0.05, 0) is 48.0 Å². The van der Waals surface area contributed by atoms with Gasteiger partial charge in [0, 0.05) is 17.3 Å². The highest BCUT2D eigenvalue weighted by atomic mass is 35.5. The summed E-state index contributed by atoms with van der Waals surface area (Å²) in [5.74, 6) is 0.390. The molecule has 3 aromatic rings. The maximum Gasteiger partial charge on any atom is 0.263 e. The normalized spacial score (nSPS) is 11.5. The first-order valence-electron chi connectivity index (χ1n) is 7.76. The van der Waals surface area contributed by atoms with Crippen molar-refractivity contribution >= 4 is 39.3 Å². The Labute approximate surface area is 161 Å². The molecule has 2 aromatic carbocycles. The molecule has 0 aliphatic carbocycles. The lowest BCUT2D eigenvalue weighted by Crippen LogP contribution is -2.14. The molecule has 138 valence electrons. The molecule has 7 nitrogen and oxygen atoms in total. The molecular weight excluding hydrogens is 388 g/mol. The van der Waals surface area contributed by atoms with E-state index in [1.54, 1.807) is 30.5 Å². The van der Waals surface area contributed by atoms with Gasteiger partial charge in [-0.25, -0.2) is 8.42 Å². The SMILES string of the molecule is COc1ccc(NS(=O)(=O)c2ccc(N=Cc3ccc(Cl)cc3)cc2)nn1. The number of aromatic nitrogens is 2. The molecule has 0 fully saturated rings. The van der Waals surface area contributed by atoms with Crippen molar-refractivity contribution in [2.24, 2.45) is 4.99 Å². The number of hydrogen-bond acceptors (Lipinski definition) is 6. The average Bonchev–Trinajstić information content (AvgIpc) is 2.68. The molecule has 1 N–H and O–H groups in total. The topological polar surface area (TPSA) is 93.5 Å². The number of halogens is 1. The van der Waals surface area contributed by atoms with Crippen LogP contribution in [0, 0.1) is 0 Å². The molecule has 1 aromatic heterocycles. The van der Waals surface area contributed by atoms with Crippen molar-refractivity contribution < 1.29 is 13.2 Å². The first kappa shape index (κ1) is 18.8. The van der Waals surface area contributed by atoms with Crippen molar-refractivity contribution in [1.29, 1.82) is 0 Å². The number of benzene rings is 2. The highest BCUT2D eigenvalue weighted by Gasteiger charge is 2.15. The third kappa shape index (κ3) is 5.02. The highest BCUT2D eigenvalue weighted by Crippen LogP contribution is 2.19. The minimum absolute atomic E-state index is 0.0885. The van der Waals surface area contributed by atoms with Crippen molar-refractivity contribution in [1.82, 2.24) is 10.2 Å². The van der Waals surface area contributed by atoms with Crippen molar-refractivity contribution in [3.63, 3.8) is 0 Å². The number of sulfonamides is 1. The second kappa shape index (κ2) is 8.15. The van der Waals surface area contributed by atoms with Crippen LogP contribution in [0.15, 0.2) is 70.6 Å². The van der Waals surface area contributed by atoms with Gasteiger partial charge in [-0.1, -0.05) is 23.7 Å². The Morgan fingerprint density at radius 3 is 2.30 bits per heavy atom. The predicted octanol–water partition coefficient (Wildman–Crippen LogP) is 3.69. The minimum Gasteiger partial charge on any atom is -0.480 e. The molecule has 0 aliphatic heterocycles. The van der Waals surface area contributed by atoms with E-state index in [-0.39, 0.29) is 10.7 Å². The van der Waals surface area contributed by atoms with Crippen LogP contribution in [0.1, 0.15) is 5.56 Å². The number of hydrogen-bond donors (Lipinski definition) is 1. The van der Waals surface area contributed by atoms with Gasteiger partial charge in [-0.3, -0.25) is 9.71 Å². The number of methoxy groups -OCH3 is 1. The predicted molar refractivity (Wildman–Crippen MR) is 105 cm³/mol. The maximum absolute atomic E-state index is 12.4. The van der Waals surface area contributed by atoms with Gasteiger partial charge < -0.3 is 4.74 Å². The Balaban J connectivity index is 1.72. The quantitative estimate of drug-likeness (QED) is 0.634. The van der Waals surface area contributed by atoms with Crippen LogP contribution in [0.25, 0.3) is 0 Å². The Morgan fingerprint density at radius 1 is 1.00 bits per heavy atom. The maximum atomic E-state index is 12.4. The Hall–Kier alpha value is -2.97. The second-order valence-corrected chi connectivity index (χ2v) is 7.49. The Kier molecular flexibility index (Phi) is 5.68. The fraction of sp³-hybridized carbons (Fsp3) is 0.0556. The average molecular weight is 403 g/mol. The third-order valence-electron chi connectivity index (χ3n) is 3.47. The van der Waals surface area contributed by atoms with Gasteiger partial charge in [-0.2, -0.15) is 0 Å². The van der Waals surface area contributed by atoms with Gasteiger partial charge >= 0.3 is 0 Å². The molecule has 0 radical (unpaired) electrons. The number of aliphatic imine (C=N–C) groups is 1. The molecule has 0 spiro atoms. The van der Waals surface area contributed by atoms with Crippen LogP contribution in [0.4, 0.5) is 11.5 Å². The summed E-state index contributed by atoms with van der Waals surface area (Å²) in [6.45, 7) is 0. The fourth-order valence-electron chi connectivity index (χ4n) is 2.09. The van der Waals surface area contributed by atoms with E-state index in [0.717, 1.165) is 5.56 Å². The molecule has 0 bridgehead atoms. The number of nitrogens with one attached hydrogen (secondary N) is 1. The molecule has 0 saturated carbocycles. The summed E-state index contributed by atoms with van der Waals surface area (Å²) in [4.78, 5) is 4.40. The summed E-state index contributed by atoms with van der Waals surface area (Å²) >= 11 is 5.84. The lowest BCUT2D eigenvalue weighted by atomic mass is 10.2. The van der Waals surface area contributed by atoms with E-state index in [2.05, 4.69) is 19.9 Å². The van der Waals surface area contributed by atoms with E-state index >= 15 is 0 Å². The molecule has 1 heterocycles. The van der Waals surface area contributed by atoms with E-state index in [4.69, 9.17) is 16.3 Å². The number of ether oxygens (including phenoxy) is 1. The van der Waals surface area contributed by atoms with Gasteiger partial charge in [0.1, 0.15) is 0 Å². The van der Waals surface area contributed by atoms with Gasteiger partial charge in [0.15, 0.2) is 5.82 Å². The van der Waals surface area contributed by atoms with Crippen molar-refractivity contribution in [2.75, 3.05) is 11.8 Å². The lowest BCUT2D eigenvalue weighted by Gasteiger charge is -2.07. The molecule has 0 aliphatic rings. The van der Waals surface area contributed by atoms with Gasteiger partial charge in [0.2, 0.25) is 5.88 Å². The zero-order valence-corrected chi connectivity index (χ0v) is 15.8. The smallest absolute Gasteiger partial charge is 0.263 e. The first-order valence-corrected chi connectivity index (χ1v) is 9.63. The number of rotatable bonds is 6. The monoisotopic (exact) mass is 402 g/mol. The third-order valence-corrected chi connectivity index (χ3v) is 5.09. The van der Waals surface area contributed by atoms with E-state index in [1.807, 2.05) is 12.1 Å². The molecule has 9 heteroatoms. The van der Waals surface area contributed by atoms with E-state index < -0.39 is 10.0 Å². The van der Waals surface area contributed by atoms with Crippen LogP contribution in [-0.2, 0) is 10.0 Å². The second-order valence-electron chi connectivity index (χ2n) is 5.37. The molecule has 0 saturated heterocycles. The van der Waals surface area contributed by atoms with Gasteiger partial charge in [0.25, 0.3) is 10.0 Å². The van der Waals surface area contributed by atoms with Crippen LogP contribution in [0.3, 0.4) is 0 Å². The molecule has 0 unspecified atom stereocenters. The molecular formula is C18H15ClN4O3S. The standard InChI is InChI=1S/C18H15ClN4O3S/c1-26-18-11-10-17(21-22-18)23-27(24,25)16-8-6-15(7-9-16)20-12-13-2-4-14(19)5-3-13/h2-12H,1H3,(H,21,23). The van der Waals surface area contributed by atoms with E-state index in [1.165, 1.54) is 31.4 Å². The minimum atomic E-state index is -3.78. The first-order chi connectivity index (χ1) is 13.0. The van der Waals surface area contributed by atoms with Crippen LogP contribution in [0.5, 0.6) is 5.88 Å². The molecule has 27 heavy (non-hydrogen) atoms. The zero-order chi connectivity index (χ0) is 19.3. The van der Waals surface area contributed by atoms with Crippen LogP contribution >= 0.6 is 11.6 Å². The largest absolute Gasteiger partial charge is 0.480 e. The van der Waals surface area contributed by atoms with Crippen LogP contribution in [-0.4, -0.2) is 31.9 Å². The molecule has 0 amide bonds. The van der Waals surface area contributed by atoms with Gasteiger partial charge in [-0.15, -0.1) is 10.2 Å². The van der Waals surface area contributed by atoms with Crippen LogP contribution < -0.4 is 9.46 Å². The summed E-state index contributed by atoms with van der Waals surface area (Å²) in [7, 11) is -2.33. The summed E-state index contributed by atoms with van der Waals surface area (Å²) in [6, 6.07) is 16.4. The number of anilines is 1. The van der Waals surface area contributed by atoms with Crippen molar-refractivity contribution in [3.05, 3.63) is 71.2 Å².